The van der Waals surface area contributed by atoms with Gasteiger partial charge in [0.05, 0.1) is 16.5 Å². The van der Waals surface area contributed by atoms with Gasteiger partial charge in [0.15, 0.2) is 0 Å². The van der Waals surface area contributed by atoms with Gasteiger partial charge in [0.2, 0.25) is 0 Å². The van der Waals surface area contributed by atoms with Gasteiger partial charge in [-0.3, -0.25) is 9.19 Å². The van der Waals surface area contributed by atoms with Crippen LogP contribution >= 0.6 is 22.9 Å². The Balaban J connectivity index is 1.95. The molecule has 1 aromatic heterocycles. The summed E-state index contributed by atoms with van der Waals surface area (Å²) in [6.07, 6.45) is 1.78. The Morgan fingerprint density at radius 2 is 1.73 bits per heavy atom. The van der Waals surface area contributed by atoms with Crippen LogP contribution in [0.15, 0.2) is 66.3 Å². The lowest BCUT2D eigenvalue weighted by molar-refractivity contribution is 0.678. The summed E-state index contributed by atoms with van der Waals surface area (Å²) in [6.45, 7) is 0. The minimum absolute atomic E-state index is 0.166. The average Bonchev–Trinajstić information content (AvgIpc) is 3.03. The first kappa shape index (κ1) is 15.4. The van der Waals surface area contributed by atoms with Crippen LogP contribution in [0.1, 0.15) is 21.3 Å². The van der Waals surface area contributed by atoms with Crippen molar-refractivity contribution < 1.29 is 4.21 Å². The molecule has 0 N–H and O–H groups in total. The molecule has 3 rings (SSSR count). The molecule has 2 aromatic carbocycles. The Morgan fingerprint density at radius 1 is 1.05 bits per heavy atom. The summed E-state index contributed by atoms with van der Waals surface area (Å²) in [5, 5.41) is 0.518. The number of hydrogen-bond acceptors (Lipinski definition) is 3. The Morgan fingerprint density at radius 3 is 2.36 bits per heavy atom. The first-order valence-corrected chi connectivity index (χ1v) is 9.43. The third kappa shape index (κ3) is 3.64. The zero-order chi connectivity index (χ0) is 15.4. The normalized spacial score (nSPS) is 13.7. The summed E-state index contributed by atoms with van der Waals surface area (Å²) in [5.41, 5.74) is 3.83. The maximum absolute atomic E-state index is 13.0. The van der Waals surface area contributed by atoms with E-state index in [0.29, 0.717) is 10.8 Å². The van der Waals surface area contributed by atoms with Crippen molar-refractivity contribution in [1.82, 2.24) is 4.98 Å². The fraction of sp³-hybridized carbons (Fsp3) is 0.118. The van der Waals surface area contributed by atoms with E-state index in [1.165, 1.54) is 11.3 Å². The van der Waals surface area contributed by atoms with E-state index < -0.39 is 10.8 Å². The van der Waals surface area contributed by atoms with Crippen molar-refractivity contribution in [3.05, 3.63) is 87.3 Å². The molecule has 0 aliphatic carbocycles. The molecule has 0 saturated carbocycles. The van der Waals surface area contributed by atoms with Crippen LogP contribution in [0, 0.1) is 0 Å². The lowest BCUT2D eigenvalue weighted by Gasteiger charge is -2.17. The number of benzene rings is 2. The van der Waals surface area contributed by atoms with Crippen molar-refractivity contribution in [2.75, 3.05) is 0 Å². The fourth-order valence-corrected chi connectivity index (χ4v) is 4.87. The van der Waals surface area contributed by atoms with Crippen LogP contribution in [0.25, 0.3) is 0 Å². The van der Waals surface area contributed by atoms with Crippen LogP contribution in [-0.4, -0.2) is 9.19 Å². The van der Waals surface area contributed by atoms with Gasteiger partial charge < -0.3 is 0 Å². The van der Waals surface area contributed by atoms with Gasteiger partial charge in [-0.05, 0) is 23.3 Å². The molecule has 112 valence electrons. The molecule has 1 heterocycles. The van der Waals surface area contributed by atoms with Gasteiger partial charge >= 0.3 is 0 Å². The first-order valence-electron chi connectivity index (χ1n) is 6.79. The lowest BCUT2D eigenvalue weighted by Crippen LogP contribution is -2.10. The molecule has 0 aliphatic heterocycles. The number of nitrogens with zero attached hydrogens (tertiary/aromatic N) is 1. The minimum Gasteiger partial charge on any atom is -0.258 e. The summed E-state index contributed by atoms with van der Waals surface area (Å²) >= 11 is 7.51. The van der Waals surface area contributed by atoms with Crippen molar-refractivity contribution in [2.45, 2.75) is 11.0 Å². The summed E-state index contributed by atoms with van der Waals surface area (Å²) < 4.78 is 13.0. The molecule has 0 saturated heterocycles. The third-order valence-corrected chi connectivity index (χ3v) is 6.19. The van der Waals surface area contributed by atoms with Gasteiger partial charge in [-0.2, -0.15) is 0 Å². The van der Waals surface area contributed by atoms with E-state index in [-0.39, 0.29) is 5.25 Å². The van der Waals surface area contributed by atoms with Crippen LogP contribution in [0.2, 0.25) is 5.02 Å². The molecule has 3 aromatic rings. The molecule has 0 aliphatic rings. The Kier molecular flexibility index (Phi) is 5.03. The van der Waals surface area contributed by atoms with E-state index >= 15 is 0 Å². The van der Waals surface area contributed by atoms with Gasteiger partial charge in [-0.15, -0.1) is 11.3 Å². The van der Waals surface area contributed by atoms with Gasteiger partial charge in [-0.1, -0.05) is 54.1 Å². The highest BCUT2D eigenvalue weighted by molar-refractivity contribution is 7.84. The van der Waals surface area contributed by atoms with Crippen molar-refractivity contribution >= 4 is 33.7 Å². The van der Waals surface area contributed by atoms with Gasteiger partial charge in [0.25, 0.3) is 0 Å². The molecule has 0 fully saturated rings. The minimum atomic E-state index is -1.07. The third-order valence-electron chi connectivity index (χ3n) is 3.31. The fourth-order valence-electron chi connectivity index (χ4n) is 2.30. The van der Waals surface area contributed by atoms with E-state index in [4.69, 9.17) is 11.6 Å². The summed E-state index contributed by atoms with van der Waals surface area (Å²) in [4.78, 5) is 5.09. The number of halogens is 1. The number of hydrogen-bond donors (Lipinski definition) is 0. The Labute approximate surface area is 141 Å². The molecule has 0 spiro atoms. The Hall–Kier alpha value is -1.49. The number of thiazole rings is 1. The van der Waals surface area contributed by atoms with E-state index in [1.54, 1.807) is 11.7 Å². The molecule has 5 heteroatoms. The molecule has 22 heavy (non-hydrogen) atoms. The highest BCUT2D eigenvalue weighted by Gasteiger charge is 2.21. The monoisotopic (exact) mass is 347 g/mol. The maximum atomic E-state index is 13.0. The molecule has 0 amide bonds. The molecular formula is C17H14ClNOS2. The van der Waals surface area contributed by atoms with Crippen molar-refractivity contribution in [1.29, 1.82) is 0 Å². The molecular weight excluding hydrogens is 334 g/mol. The largest absolute Gasteiger partial charge is 0.258 e. The van der Waals surface area contributed by atoms with Crippen LogP contribution in [0.3, 0.4) is 0 Å². The number of rotatable bonds is 5. The quantitative estimate of drug-likeness (QED) is 0.661. The van der Waals surface area contributed by atoms with Crippen LogP contribution in [-0.2, 0) is 16.6 Å². The van der Waals surface area contributed by atoms with E-state index in [9.17, 15) is 4.21 Å². The number of aromatic nitrogens is 1. The average molecular weight is 348 g/mol. The molecule has 2 nitrogen and oxygen atoms in total. The van der Waals surface area contributed by atoms with Gasteiger partial charge in [-0.25, -0.2) is 0 Å². The van der Waals surface area contributed by atoms with E-state index in [0.717, 1.165) is 16.0 Å². The van der Waals surface area contributed by atoms with Crippen LogP contribution < -0.4 is 0 Å². The first-order chi connectivity index (χ1) is 10.7. The molecule has 0 radical (unpaired) electrons. The van der Waals surface area contributed by atoms with Crippen LogP contribution in [0.5, 0.6) is 0 Å². The smallest absolute Gasteiger partial charge is 0.0850 e. The lowest BCUT2D eigenvalue weighted by atomic mass is 10.0. The highest BCUT2D eigenvalue weighted by Crippen LogP contribution is 2.31. The predicted molar refractivity (Wildman–Crippen MR) is 93.7 cm³/mol. The van der Waals surface area contributed by atoms with E-state index in [1.807, 2.05) is 54.6 Å². The summed E-state index contributed by atoms with van der Waals surface area (Å²) in [5.74, 6) is 0.507. The summed E-state index contributed by atoms with van der Waals surface area (Å²) in [6, 6.07) is 17.5. The van der Waals surface area contributed by atoms with Gasteiger partial charge in [0, 0.05) is 26.9 Å². The highest BCUT2D eigenvalue weighted by atomic mass is 35.5. The van der Waals surface area contributed by atoms with Crippen LogP contribution in [0.4, 0.5) is 0 Å². The van der Waals surface area contributed by atoms with E-state index in [2.05, 4.69) is 4.98 Å². The second-order valence-electron chi connectivity index (χ2n) is 4.84. The predicted octanol–water partition coefficient (Wildman–Crippen LogP) is 4.83. The summed E-state index contributed by atoms with van der Waals surface area (Å²) in [7, 11) is -1.07. The van der Waals surface area contributed by atoms with Crippen molar-refractivity contribution in [3.8, 4) is 0 Å². The zero-order valence-corrected chi connectivity index (χ0v) is 14.1. The Bertz CT molecular complexity index is 742. The van der Waals surface area contributed by atoms with Crippen molar-refractivity contribution in [2.24, 2.45) is 0 Å². The maximum Gasteiger partial charge on any atom is 0.0850 e. The molecule has 0 bridgehead atoms. The second kappa shape index (κ2) is 7.18. The standard InChI is InChI=1S/C17H14ClNOS2/c18-15-8-6-14(7-9-15)17(13-4-2-1-3-5-13)22(20)11-16-10-19-12-21-16/h1-10,12,17H,11H2/t17-,22+/m1/s1. The molecule has 0 unspecified atom stereocenters. The topological polar surface area (TPSA) is 30.0 Å². The van der Waals surface area contributed by atoms with Gasteiger partial charge in [0.1, 0.15) is 0 Å². The van der Waals surface area contributed by atoms with Crippen molar-refractivity contribution in [3.63, 3.8) is 0 Å². The molecule has 2 atom stereocenters. The zero-order valence-electron chi connectivity index (χ0n) is 11.7. The second-order valence-corrected chi connectivity index (χ2v) is 7.76. The SMILES string of the molecule is O=[S@@](Cc1cncs1)[C@H](c1ccccc1)c1ccc(Cl)cc1.